The highest BCUT2D eigenvalue weighted by atomic mass is 79.9. The molecule has 0 heterocycles. The van der Waals surface area contributed by atoms with Gasteiger partial charge < -0.3 is 10.4 Å². The molecule has 1 amide bonds. The number of aliphatic carboxylic acids is 1. The van der Waals surface area contributed by atoms with Gasteiger partial charge in [-0.3, -0.25) is 4.79 Å². The summed E-state index contributed by atoms with van der Waals surface area (Å²) in [4.78, 5) is 21.2. The van der Waals surface area contributed by atoms with Crippen molar-refractivity contribution in [2.75, 3.05) is 0 Å². The van der Waals surface area contributed by atoms with Gasteiger partial charge in [0.2, 0.25) is 0 Å². The summed E-state index contributed by atoms with van der Waals surface area (Å²) in [5.41, 5.74) is 0.854. The van der Waals surface area contributed by atoms with Gasteiger partial charge >= 0.3 is 11.9 Å². The highest BCUT2D eigenvalue weighted by Gasteiger charge is 2.14. The number of carbonyl (C=O) groups excluding carboxylic acids is 1. The summed E-state index contributed by atoms with van der Waals surface area (Å²) in [5.74, 6) is -2.47. The van der Waals surface area contributed by atoms with Crippen LogP contribution in [0.3, 0.4) is 0 Å². The van der Waals surface area contributed by atoms with Crippen LogP contribution in [0.5, 0.6) is 0 Å². The monoisotopic (exact) mass is 271 g/mol. The third kappa shape index (κ3) is 3.36. The lowest BCUT2D eigenvalue weighted by Gasteiger charge is -2.12. The number of carboxylic acid groups (broad SMARTS) is 1. The first kappa shape index (κ1) is 11.7. The fourth-order valence-electron chi connectivity index (χ4n) is 1.09. The van der Waals surface area contributed by atoms with Gasteiger partial charge in [-0.1, -0.05) is 28.1 Å². The van der Waals surface area contributed by atoms with Crippen LogP contribution in [-0.4, -0.2) is 17.0 Å². The zero-order chi connectivity index (χ0) is 11.4. The Morgan fingerprint density at radius 3 is 2.33 bits per heavy atom. The Hall–Kier alpha value is -1.36. The summed E-state index contributed by atoms with van der Waals surface area (Å²) < 4.78 is 0.933. The highest BCUT2D eigenvalue weighted by Crippen LogP contribution is 2.16. The van der Waals surface area contributed by atoms with Crippen molar-refractivity contribution in [3.63, 3.8) is 0 Å². The Balaban J connectivity index is 2.69. The second-order valence-electron chi connectivity index (χ2n) is 3.05. The van der Waals surface area contributed by atoms with Crippen molar-refractivity contribution in [2.45, 2.75) is 13.0 Å². The first-order valence-corrected chi connectivity index (χ1v) is 5.09. The lowest BCUT2D eigenvalue weighted by Crippen LogP contribution is -2.32. The molecule has 0 bridgehead atoms. The second kappa shape index (κ2) is 4.93. The molecule has 0 aromatic heterocycles. The van der Waals surface area contributed by atoms with Gasteiger partial charge in [0, 0.05) is 4.47 Å². The zero-order valence-electron chi connectivity index (χ0n) is 8.03. The third-order valence-electron chi connectivity index (χ3n) is 1.91. The van der Waals surface area contributed by atoms with E-state index in [1.807, 2.05) is 24.3 Å². The smallest absolute Gasteiger partial charge is 0.394 e. The molecule has 0 aliphatic heterocycles. The van der Waals surface area contributed by atoms with Gasteiger partial charge in [0.1, 0.15) is 0 Å². The molecule has 80 valence electrons. The van der Waals surface area contributed by atoms with Crippen molar-refractivity contribution in [1.82, 2.24) is 5.32 Å². The maximum atomic E-state index is 10.9. The first-order valence-electron chi connectivity index (χ1n) is 4.30. The summed E-state index contributed by atoms with van der Waals surface area (Å²) in [6, 6.07) is 6.98. The van der Waals surface area contributed by atoms with E-state index in [-0.39, 0.29) is 6.04 Å². The number of hydrogen-bond donors (Lipinski definition) is 2. The van der Waals surface area contributed by atoms with Gasteiger partial charge in [-0.25, -0.2) is 4.79 Å². The zero-order valence-corrected chi connectivity index (χ0v) is 9.61. The van der Waals surface area contributed by atoms with E-state index in [0.29, 0.717) is 0 Å². The molecule has 0 aliphatic rings. The number of rotatable bonds is 2. The van der Waals surface area contributed by atoms with Gasteiger partial charge in [0.15, 0.2) is 0 Å². The Bertz CT molecular complexity index is 375. The molecule has 1 atom stereocenters. The summed E-state index contributed by atoms with van der Waals surface area (Å²) in [5, 5.41) is 10.8. The molecule has 1 unspecified atom stereocenters. The SMILES string of the molecule is CC(NC(=O)C(=O)O)c1ccc(Br)cc1. The van der Waals surface area contributed by atoms with Crippen molar-refractivity contribution >= 4 is 27.8 Å². The van der Waals surface area contributed by atoms with Gasteiger partial charge in [0.05, 0.1) is 6.04 Å². The number of hydrogen-bond acceptors (Lipinski definition) is 2. The summed E-state index contributed by atoms with van der Waals surface area (Å²) in [6.45, 7) is 1.73. The average molecular weight is 272 g/mol. The predicted octanol–water partition coefficient (Wildman–Crippen LogP) is 1.71. The lowest BCUT2D eigenvalue weighted by molar-refractivity contribution is -0.150. The predicted molar refractivity (Wildman–Crippen MR) is 58.3 cm³/mol. The van der Waals surface area contributed by atoms with E-state index < -0.39 is 11.9 Å². The van der Waals surface area contributed by atoms with Crippen molar-refractivity contribution < 1.29 is 14.7 Å². The second-order valence-corrected chi connectivity index (χ2v) is 3.97. The van der Waals surface area contributed by atoms with Gasteiger partial charge in [0.25, 0.3) is 0 Å². The summed E-state index contributed by atoms with van der Waals surface area (Å²) >= 11 is 3.29. The van der Waals surface area contributed by atoms with Crippen LogP contribution in [0.1, 0.15) is 18.5 Å². The molecule has 0 saturated heterocycles. The van der Waals surface area contributed by atoms with Crippen molar-refractivity contribution in [2.24, 2.45) is 0 Å². The fraction of sp³-hybridized carbons (Fsp3) is 0.200. The summed E-state index contributed by atoms with van der Waals surface area (Å²) in [6.07, 6.45) is 0. The molecule has 1 aromatic carbocycles. The van der Waals surface area contributed by atoms with Crippen LogP contribution in [0.2, 0.25) is 0 Å². The minimum absolute atomic E-state index is 0.318. The number of amides is 1. The fourth-order valence-corrected chi connectivity index (χ4v) is 1.36. The Morgan fingerprint density at radius 1 is 1.33 bits per heavy atom. The molecule has 15 heavy (non-hydrogen) atoms. The van der Waals surface area contributed by atoms with E-state index in [9.17, 15) is 9.59 Å². The topological polar surface area (TPSA) is 66.4 Å². The van der Waals surface area contributed by atoms with Crippen molar-refractivity contribution in [1.29, 1.82) is 0 Å². The third-order valence-corrected chi connectivity index (χ3v) is 2.44. The van der Waals surface area contributed by atoms with Crippen molar-refractivity contribution in [3.8, 4) is 0 Å². The molecule has 1 aromatic rings. The maximum Gasteiger partial charge on any atom is 0.394 e. The van der Waals surface area contributed by atoms with Crippen LogP contribution >= 0.6 is 15.9 Å². The standard InChI is InChI=1S/C10H10BrNO3/c1-6(12-9(13)10(14)15)7-2-4-8(11)5-3-7/h2-6H,1H3,(H,12,13)(H,14,15). The molecular formula is C10H10BrNO3. The molecule has 0 radical (unpaired) electrons. The molecule has 0 aliphatic carbocycles. The van der Waals surface area contributed by atoms with E-state index in [1.54, 1.807) is 6.92 Å². The molecule has 0 saturated carbocycles. The molecule has 5 heteroatoms. The minimum atomic E-state index is -1.47. The maximum absolute atomic E-state index is 10.9. The molecule has 1 rings (SSSR count). The Kier molecular flexibility index (Phi) is 3.85. The van der Waals surface area contributed by atoms with Gasteiger partial charge in [-0.2, -0.15) is 0 Å². The lowest BCUT2D eigenvalue weighted by atomic mass is 10.1. The molecule has 0 spiro atoms. The quantitative estimate of drug-likeness (QED) is 0.805. The van der Waals surface area contributed by atoms with E-state index in [2.05, 4.69) is 21.2 Å². The number of halogens is 1. The van der Waals surface area contributed by atoms with Crippen molar-refractivity contribution in [3.05, 3.63) is 34.3 Å². The van der Waals surface area contributed by atoms with E-state index >= 15 is 0 Å². The Morgan fingerprint density at radius 2 is 1.87 bits per heavy atom. The molecule has 4 nitrogen and oxygen atoms in total. The normalized spacial score (nSPS) is 11.9. The number of carboxylic acids is 1. The van der Waals surface area contributed by atoms with E-state index in [1.165, 1.54) is 0 Å². The van der Waals surface area contributed by atoms with Crippen LogP contribution in [0.15, 0.2) is 28.7 Å². The number of nitrogens with one attached hydrogen (secondary N) is 1. The highest BCUT2D eigenvalue weighted by molar-refractivity contribution is 9.10. The largest absolute Gasteiger partial charge is 0.474 e. The first-order chi connectivity index (χ1) is 7.00. The Labute approximate surface area is 95.4 Å². The average Bonchev–Trinajstić information content (AvgIpc) is 2.18. The molecule has 0 fully saturated rings. The van der Waals surface area contributed by atoms with E-state index in [0.717, 1.165) is 10.0 Å². The van der Waals surface area contributed by atoms with Gasteiger partial charge in [-0.05, 0) is 24.6 Å². The van der Waals surface area contributed by atoms with E-state index in [4.69, 9.17) is 5.11 Å². The van der Waals surface area contributed by atoms with Crippen LogP contribution < -0.4 is 5.32 Å². The van der Waals surface area contributed by atoms with Crippen LogP contribution in [-0.2, 0) is 9.59 Å². The van der Waals surface area contributed by atoms with Crippen LogP contribution in [0, 0.1) is 0 Å². The number of benzene rings is 1. The number of carbonyl (C=O) groups is 2. The molecular weight excluding hydrogens is 262 g/mol. The summed E-state index contributed by atoms with van der Waals surface area (Å²) in [7, 11) is 0. The molecule has 2 N–H and O–H groups in total. The van der Waals surface area contributed by atoms with Crippen LogP contribution in [0.4, 0.5) is 0 Å². The van der Waals surface area contributed by atoms with Crippen LogP contribution in [0.25, 0.3) is 0 Å². The minimum Gasteiger partial charge on any atom is -0.474 e. The van der Waals surface area contributed by atoms with Gasteiger partial charge in [-0.15, -0.1) is 0 Å².